The summed E-state index contributed by atoms with van der Waals surface area (Å²) in [6.07, 6.45) is 4.60. The highest BCUT2D eigenvalue weighted by atomic mass is 16.5. The van der Waals surface area contributed by atoms with E-state index in [0.29, 0.717) is 12.6 Å². The Morgan fingerprint density at radius 3 is 2.85 bits per heavy atom. The molecule has 1 aromatic heterocycles. The molecule has 27 heavy (non-hydrogen) atoms. The number of piperidine rings is 1. The van der Waals surface area contributed by atoms with E-state index >= 15 is 0 Å². The van der Waals surface area contributed by atoms with Crippen LogP contribution in [0.5, 0.6) is 0 Å². The number of aryl methyl sites for hydroxylation is 1. The van der Waals surface area contributed by atoms with Gasteiger partial charge < -0.3 is 20.3 Å². The first-order valence-electron chi connectivity index (χ1n) is 10.4. The molecule has 1 saturated heterocycles. The van der Waals surface area contributed by atoms with Crippen LogP contribution in [0.4, 0.5) is 0 Å². The molecule has 0 aromatic carbocycles. The van der Waals surface area contributed by atoms with Crippen LogP contribution in [0.1, 0.15) is 44.8 Å². The third kappa shape index (κ3) is 5.90. The van der Waals surface area contributed by atoms with E-state index in [-0.39, 0.29) is 0 Å². The molecule has 1 atom stereocenters. The van der Waals surface area contributed by atoms with Gasteiger partial charge in [0.2, 0.25) is 0 Å². The molecular formula is C19H35N7O. The number of guanidine groups is 1. The highest BCUT2D eigenvalue weighted by Gasteiger charge is 2.22. The standard InChI is InChI=1S/C19H35N7O/c1-4-20-19(21-9-12-25-10-7-15(2)8-11-25)22-16-5-6-18-23-17(14-27-3)24-26(18)13-16/h15-16H,4-14H2,1-3H3,(H2,20,21,22). The van der Waals surface area contributed by atoms with Gasteiger partial charge in [0.05, 0.1) is 13.1 Å². The maximum Gasteiger partial charge on any atom is 0.191 e. The molecule has 2 N–H and O–H groups in total. The van der Waals surface area contributed by atoms with Crippen LogP contribution in [0.25, 0.3) is 0 Å². The van der Waals surface area contributed by atoms with Crippen LogP contribution in [-0.4, -0.2) is 71.5 Å². The first kappa shape index (κ1) is 20.1. The lowest BCUT2D eigenvalue weighted by molar-refractivity contribution is 0.177. The molecule has 0 amide bonds. The molecule has 152 valence electrons. The minimum Gasteiger partial charge on any atom is -0.377 e. The monoisotopic (exact) mass is 377 g/mol. The maximum atomic E-state index is 5.14. The van der Waals surface area contributed by atoms with Gasteiger partial charge in [0, 0.05) is 32.7 Å². The first-order valence-corrected chi connectivity index (χ1v) is 10.4. The van der Waals surface area contributed by atoms with Crippen LogP contribution >= 0.6 is 0 Å². The number of hydrogen-bond acceptors (Lipinski definition) is 5. The van der Waals surface area contributed by atoms with Crippen molar-refractivity contribution >= 4 is 5.96 Å². The van der Waals surface area contributed by atoms with E-state index in [1.165, 1.54) is 25.9 Å². The second-order valence-corrected chi connectivity index (χ2v) is 7.72. The molecule has 1 unspecified atom stereocenters. The van der Waals surface area contributed by atoms with E-state index in [1.54, 1.807) is 7.11 Å². The molecule has 8 heteroatoms. The molecule has 8 nitrogen and oxygen atoms in total. The summed E-state index contributed by atoms with van der Waals surface area (Å²) in [5.41, 5.74) is 0. The average Bonchev–Trinajstić information content (AvgIpc) is 3.05. The van der Waals surface area contributed by atoms with Crippen LogP contribution < -0.4 is 10.6 Å². The Balaban J connectivity index is 1.49. The normalized spacial score (nSPS) is 21.9. The van der Waals surface area contributed by atoms with Gasteiger partial charge in [-0.2, -0.15) is 5.10 Å². The number of fused-ring (bicyclic) bond motifs is 1. The summed E-state index contributed by atoms with van der Waals surface area (Å²) in [5.74, 6) is 3.61. The Labute approximate surface area is 162 Å². The van der Waals surface area contributed by atoms with Crippen molar-refractivity contribution in [2.45, 2.75) is 58.7 Å². The molecule has 2 aliphatic heterocycles. The lowest BCUT2D eigenvalue weighted by atomic mass is 9.99. The van der Waals surface area contributed by atoms with E-state index in [9.17, 15) is 0 Å². The molecular weight excluding hydrogens is 342 g/mol. The molecule has 3 rings (SSSR count). The first-order chi connectivity index (χ1) is 13.2. The van der Waals surface area contributed by atoms with Crippen molar-refractivity contribution in [1.82, 2.24) is 30.3 Å². The molecule has 0 aliphatic carbocycles. The van der Waals surface area contributed by atoms with Gasteiger partial charge in [0.1, 0.15) is 12.4 Å². The number of ether oxygens (including phenoxy) is 1. The molecule has 0 radical (unpaired) electrons. The second kappa shape index (κ2) is 10.0. The Bertz CT molecular complexity index is 607. The molecule has 3 heterocycles. The number of likely N-dealkylation sites (tertiary alicyclic amines) is 1. The minimum atomic E-state index is 0.322. The van der Waals surface area contributed by atoms with Gasteiger partial charge in [-0.3, -0.25) is 4.99 Å². The second-order valence-electron chi connectivity index (χ2n) is 7.72. The van der Waals surface area contributed by atoms with E-state index in [0.717, 1.165) is 62.5 Å². The predicted octanol–water partition coefficient (Wildman–Crippen LogP) is 1.03. The van der Waals surface area contributed by atoms with E-state index in [4.69, 9.17) is 9.73 Å². The number of nitrogens with one attached hydrogen (secondary N) is 2. The summed E-state index contributed by atoms with van der Waals surface area (Å²) in [6.45, 7) is 10.9. The van der Waals surface area contributed by atoms with Gasteiger partial charge in [0.15, 0.2) is 11.8 Å². The Kier molecular flexibility index (Phi) is 7.46. The lowest BCUT2D eigenvalue weighted by Crippen LogP contribution is -2.47. The third-order valence-electron chi connectivity index (χ3n) is 5.42. The zero-order chi connectivity index (χ0) is 19.1. The van der Waals surface area contributed by atoms with Crippen LogP contribution in [-0.2, 0) is 24.3 Å². The highest BCUT2D eigenvalue weighted by molar-refractivity contribution is 5.80. The average molecular weight is 378 g/mol. The summed E-state index contributed by atoms with van der Waals surface area (Å²) >= 11 is 0. The maximum absolute atomic E-state index is 5.14. The quantitative estimate of drug-likeness (QED) is 0.546. The lowest BCUT2D eigenvalue weighted by Gasteiger charge is -2.29. The Hall–Kier alpha value is -1.67. The minimum absolute atomic E-state index is 0.322. The number of nitrogens with zero attached hydrogens (tertiary/aromatic N) is 5. The molecule has 1 aromatic rings. The van der Waals surface area contributed by atoms with Crippen LogP contribution in [0.3, 0.4) is 0 Å². The summed E-state index contributed by atoms with van der Waals surface area (Å²) in [4.78, 5) is 11.9. The molecule has 2 aliphatic rings. The summed E-state index contributed by atoms with van der Waals surface area (Å²) in [7, 11) is 1.67. The summed E-state index contributed by atoms with van der Waals surface area (Å²) in [6, 6.07) is 0.322. The smallest absolute Gasteiger partial charge is 0.191 e. The van der Waals surface area contributed by atoms with Crippen molar-refractivity contribution < 1.29 is 4.74 Å². The molecule has 0 bridgehead atoms. The van der Waals surface area contributed by atoms with E-state index < -0.39 is 0 Å². The Morgan fingerprint density at radius 2 is 2.11 bits per heavy atom. The topological polar surface area (TPSA) is 79.6 Å². The van der Waals surface area contributed by atoms with Crippen molar-refractivity contribution in [3.8, 4) is 0 Å². The summed E-state index contributed by atoms with van der Waals surface area (Å²) < 4.78 is 7.15. The fraction of sp³-hybridized carbons (Fsp3) is 0.842. The van der Waals surface area contributed by atoms with Gasteiger partial charge in [-0.05, 0) is 45.2 Å². The fourth-order valence-corrected chi connectivity index (χ4v) is 3.77. The SMILES string of the molecule is CCNC(=NCCN1CCC(C)CC1)NC1CCc2nc(COC)nn2C1. The molecule has 1 fully saturated rings. The number of rotatable bonds is 7. The van der Waals surface area contributed by atoms with Crippen molar-refractivity contribution in [3.63, 3.8) is 0 Å². The highest BCUT2D eigenvalue weighted by Crippen LogP contribution is 2.15. The predicted molar refractivity (Wildman–Crippen MR) is 107 cm³/mol. The third-order valence-corrected chi connectivity index (χ3v) is 5.42. The van der Waals surface area contributed by atoms with Gasteiger partial charge in [-0.15, -0.1) is 0 Å². The molecule has 0 spiro atoms. The number of aliphatic imine (C=N–C) groups is 1. The Morgan fingerprint density at radius 1 is 1.30 bits per heavy atom. The van der Waals surface area contributed by atoms with Gasteiger partial charge in [0.25, 0.3) is 0 Å². The van der Waals surface area contributed by atoms with Crippen molar-refractivity contribution in [1.29, 1.82) is 0 Å². The number of aromatic nitrogens is 3. The van der Waals surface area contributed by atoms with Crippen LogP contribution in [0, 0.1) is 5.92 Å². The number of hydrogen-bond donors (Lipinski definition) is 2. The van der Waals surface area contributed by atoms with Crippen LogP contribution in [0.15, 0.2) is 4.99 Å². The van der Waals surface area contributed by atoms with Crippen molar-refractivity contribution in [2.24, 2.45) is 10.9 Å². The largest absolute Gasteiger partial charge is 0.377 e. The van der Waals surface area contributed by atoms with Crippen molar-refractivity contribution in [2.75, 3.05) is 39.8 Å². The summed E-state index contributed by atoms with van der Waals surface area (Å²) in [5, 5.41) is 11.5. The van der Waals surface area contributed by atoms with Crippen molar-refractivity contribution in [3.05, 3.63) is 11.6 Å². The van der Waals surface area contributed by atoms with Gasteiger partial charge >= 0.3 is 0 Å². The zero-order valence-electron chi connectivity index (χ0n) is 17.1. The molecule has 0 saturated carbocycles. The van der Waals surface area contributed by atoms with Crippen LogP contribution in [0.2, 0.25) is 0 Å². The zero-order valence-corrected chi connectivity index (χ0v) is 17.1. The fourth-order valence-electron chi connectivity index (χ4n) is 3.77. The van der Waals surface area contributed by atoms with E-state index in [2.05, 4.69) is 39.5 Å². The van der Waals surface area contributed by atoms with Gasteiger partial charge in [-0.1, -0.05) is 6.92 Å². The van der Waals surface area contributed by atoms with Gasteiger partial charge in [-0.25, -0.2) is 9.67 Å². The number of methoxy groups -OCH3 is 1. The van der Waals surface area contributed by atoms with E-state index in [1.807, 2.05) is 4.68 Å².